The summed E-state index contributed by atoms with van der Waals surface area (Å²) in [7, 11) is 0. The van der Waals surface area contributed by atoms with E-state index in [2.05, 4.69) is 52.5 Å². The lowest BCUT2D eigenvalue weighted by atomic mass is 10.0. The highest BCUT2D eigenvalue weighted by Crippen LogP contribution is 2.31. The molecule has 0 spiro atoms. The Bertz CT molecular complexity index is 1480. The molecule has 5 rings (SSSR count). The van der Waals surface area contributed by atoms with Gasteiger partial charge in [0.05, 0.1) is 11.7 Å². The Morgan fingerprint density at radius 2 is 1.67 bits per heavy atom. The lowest BCUT2D eigenvalue weighted by molar-refractivity contribution is 0.628. The quantitative estimate of drug-likeness (QED) is 0.327. The Kier molecular flexibility index (Phi) is 5.23. The molecule has 0 radical (unpaired) electrons. The molecule has 4 nitrogen and oxygen atoms in total. The minimum absolute atomic E-state index is 0.273. The topological polar surface area (TPSA) is 42.2 Å². The molecule has 1 N–H and O–H groups in total. The van der Waals surface area contributed by atoms with Gasteiger partial charge in [0.2, 0.25) is 0 Å². The van der Waals surface area contributed by atoms with Gasteiger partial charge >= 0.3 is 0 Å². The summed E-state index contributed by atoms with van der Waals surface area (Å²) in [6.45, 7) is 8.24. The Morgan fingerprint density at radius 1 is 0.909 bits per heavy atom. The van der Waals surface area contributed by atoms with Crippen LogP contribution in [0.1, 0.15) is 16.8 Å². The highest BCUT2D eigenvalue weighted by molar-refractivity contribution is 5.85. The standard InChI is InChI=1S/C28H23FN4/c1-18-7-4-5-8-24(18)28-31-17-27-25(9-6-14-33(27)28)21-15-26(19(2)30-16-21)20(3)32-23-12-10-22(29)11-13-23/h4-17,32H,3H2,1-2H3. The summed E-state index contributed by atoms with van der Waals surface area (Å²) in [5, 5.41) is 3.26. The van der Waals surface area contributed by atoms with E-state index in [-0.39, 0.29) is 5.82 Å². The molecule has 0 unspecified atom stereocenters. The zero-order valence-corrected chi connectivity index (χ0v) is 18.5. The van der Waals surface area contributed by atoms with E-state index in [0.29, 0.717) is 5.70 Å². The number of fused-ring (bicyclic) bond motifs is 1. The minimum atomic E-state index is -0.273. The Hall–Kier alpha value is -4.25. The van der Waals surface area contributed by atoms with Crippen molar-refractivity contribution < 1.29 is 4.39 Å². The number of anilines is 1. The van der Waals surface area contributed by atoms with Crippen LogP contribution in [0.2, 0.25) is 0 Å². The molecule has 0 aliphatic rings. The molecule has 5 aromatic rings. The number of halogens is 1. The van der Waals surface area contributed by atoms with Gasteiger partial charge in [0.1, 0.15) is 11.6 Å². The number of nitrogens with zero attached hydrogens (tertiary/aromatic N) is 3. The van der Waals surface area contributed by atoms with Gasteiger partial charge in [0.25, 0.3) is 0 Å². The number of imidazole rings is 1. The second kappa shape index (κ2) is 8.36. The van der Waals surface area contributed by atoms with Crippen LogP contribution in [0.25, 0.3) is 33.7 Å². The lowest BCUT2D eigenvalue weighted by Crippen LogP contribution is -2.01. The smallest absolute Gasteiger partial charge is 0.144 e. The van der Waals surface area contributed by atoms with Crippen molar-refractivity contribution in [3.8, 4) is 22.5 Å². The lowest BCUT2D eigenvalue weighted by Gasteiger charge is -2.14. The molecule has 2 aromatic carbocycles. The summed E-state index contributed by atoms with van der Waals surface area (Å²) in [6.07, 6.45) is 5.81. The third-order valence-corrected chi connectivity index (χ3v) is 5.82. The number of hydrogen-bond donors (Lipinski definition) is 1. The molecule has 0 atom stereocenters. The van der Waals surface area contributed by atoms with E-state index in [1.165, 1.54) is 17.7 Å². The van der Waals surface area contributed by atoms with Crippen molar-refractivity contribution in [3.05, 3.63) is 115 Å². The molecule has 0 amide bonds. The van der Waals surface area contributed by atoms with E-state index >= 15 is 0 Å². The minimum Gasteiger partial charge on any atom is -0.355 e. The Morgan fingerprint density at radius 3 is 2.45 bits per heavy atom. The molecule has 3 aromatic heterocycles. The summed E-state index contributed by atoms with van der Waals surface area (Å²) >= 11 is 0. The Labute approximate surface area is 192 Å². The van der Waals surface area contributed by atoms with Crippen molar-refractivity contribution in [1.82, 2.24) is 14.4 Å². The van der Waals surface area contributed by atoms with E-state index in [0.717, 1.165) is 45.0 Å². The fourth-order valence-electron chi connectivity index (χ4n) is 4.05. The van der Waals surface area contributed by atoms with Crippen LogP contribution < -0.4 is 5.32 Å². The van der Waals surface area contributed by atoms with Gasteiger partial charge in [-0.3, -0.25) is 9.38 Å². The molecular formula is C28H23FN4. The van der Waals surface area contributed by atoms with Crippen molar-refractivity contribution >= 4 is 16.9 Å². The predicted molar refractivity (Wildman–Crippen MR) is 132 cm³/mol. The van der Waals surface area contributed by atoms with E-state index < -0.39 is 0 Å². The van der Waals surface area contributed by atoms with E-state index in [4.69, 9.17) is 4.98 Å². The number of nitrogens with one attached hydrogen (secondary N) is 1. The third kappa shape index (κ3) is 3.89. The van der Waals surface area contributed by atoms with Crippen LogP contribution in [0.4, 0.5) is 10.1 Å². The fourth-order valence-corrected chi connectivity index (χ4v) is 4.05. The van der Waals surface area contributed by atoms with Crippen LogP contribution in [-0.2, 0) is 0 Å². The summed E-state index contributed by atoms with van der Waals surface area (Å²) in [5.74, 6) is 0.637. The van der Waals surface area contributed by atoms with E-state index in [9.17, 15) is 4.39 Å². The largest absolute Gasteiger partial charge is 0.355 e. The monoisotopic (exact) mass is 434 g/mol. The molecular weight excluding hydrogens is 411 g/mol. The number of rotatable bonds is 5. The highest BCUT2D eigenvalue weighted by Gasteiger charge is 2.14. The van der Waals surface area contributed by atoms with E-state index in [1.807, 2.05) is 43.7 Å². The summed E-state index contributed by atoms with van der Waals surface area (Å²) in [4.78, 5) is 9.36. The molecule has 0 saturated carbocycles. The molecule has 0 aliphatic carbocycles. The van der Waals surface area contributed by atoms with Gasteiger partial charge in [-0.25, -0.2) is 9.37 Å². The second-order valence-electron chi connectivity index (χ2n) is 8.04. The van der Waals surface area contributed by atoms with Crippen LogP contribution in [-0.4, -0.2) is 14.4 Å². The van der Waals surface area contributed by atoms with Gasteiger partial charge < -0.3 is 5.32 Å². The van der Waals surface area contributed by atoms with Gasteiger partial charge in [-0.2, -0.15) is 0 Å². The molecule has 3 heterocycles. The van der Waals surface area contributed by atoms with Gasteiger partial charge in [0.15, 0.2) is 0 Å². The number of benzene rings is 2. The van der Waals surface area contributed by atoms with Crippen molar-refractivity contribution in [2.75, 3.05) is 5.32 Å². The second-order valence-corrected chi connectivity index (χ2v) is 8.04. The van der Waals surface area contributed by atoms with Crippen LogP contribution in [0, 0.1) is 19.7 Å². The zero-order valence-electron chi connectivity index (χ0n) is 18.5. The van der Waals surface area contributed by atoms with Crippen LogP contribution in [0.15, 0.2) is 91.9 Å². The highest BCUT2D eigenvalue weighted by atomic mass is 19.1. The van der Waals surface area contributed by atoms with Gasteiger partial charge in [0, 0.05) is 51.7 Å². The first-order valence-electron chi connectivity index (χ1n) is 10.7. The van der Waals surface area contributed by atoms with Crippen LogP contribution in [0.3, 0.4) is 0 Å². The number of aromatic nitrogens is 3. The van der Waals surface area contributed by atoms with Gasteiger partial charge in [-0.05, 0) is 55.8 Å². The normalized spacial score (nSPS) is 11.0. The average molecular weight is 435 g/mol. The zero-order chi connectivity index (χ0) is 22.9. The predicted octanol–water partition coefficient (Wildman–Crippen LogP) is 6.90. The SMILES string of the molecule is C=C(Nc1ccc(F)cc1)c1cc(-c2cccn3c(-c4ccccc4C)ncc23)cnc1C. The van der Waals surface area contributed by atoms with Crippen LogP contribution in [0.5, 0.6) is 0 Å². The number of pyridine rings is 2. The Balaban J connectivity index is 1.55. The average Bonchev–Trinajstić information content (AvgIpc) is 3.25. The van der Waals surface area contributed by atoms with Crippen molar-refractivity contribution in [3.63, 3.8) is 0 Å². The molecule has 162 valence electrons. The van der Waals surface area contributed by atoms with Crippen molar-refractivity contribution in [1.29, 1.82) is 0 Å². The fraction of sp³-hybridized carbons (Fsp3) is 0.0714. The summed E-state index contributed by atoms with van der Waals surface area (Å²) in [5.41, 5.74) is 8.53. The maximum atomic E-state index is 13.2. The molecule has 0 fully saturated rings. The molecule has 5 heteroatoms. The van der Waals surface area contributed by atoms with Crippen molar-refractivity contribution in [2.24, 2.45) is 0 Å². The van der Waals surface area contributed by atoms with E-state index in [1.54, 1.807) is 12.1 Å². The number of hydrogen-bond acceptors (Lipinski definition) is 3. The molecule has 0 bridgehead atoms. The first kappa shape index (κ1) is 20.6. The molecule has 33 heavy (non-hydrogen) atoms. The first-order chi connectivity index (χ1) is 16.0. The first-order valence-corrected chi connectivity index (χ1v) is 10.7. The maximum Gasteiger partial charge on any atom is 0.144 e. The van der Waals surface area contributed by atoms with Crippen LogP contribution >= 0.6 is 0 Å². The molecule has 0 aliphatic heterocycles. The maximum absolute atomic E-state index is 13.2. The third-order valence-electron chi connectivity index (χ3n) is 5.82. The van der Waals surface area contributed by atoms with Gasteiger partial charge in [-0.1, -0.05) is 36.9 Å². The summed E-state index contributed by atoms with van der Waals surface area (Å²) < 4.78 is 15.4. The summed E-state index contributed by atoms with van der Waals surface area (Å²) in [6, 6.07) is 20.6. The van der Waals surface area contributed by atoms with Crippen molar-refractivity contribution in [2.45, 2.75) is 13.8 Å². The molecule has 0 saturated heterocycles. The van der Waals surface area contributed by atoms with Gasteiger partial charge in [-0.15, -0.1) is 0 Å². The number of aryl methyl sites for hydroxylation is 2.